The van der Waals surface area contributed by atoms with Crippen LogP contribution >= 0.6 is 11.3 Å². The number of thiazole rings is 1. The highest BCUT2D eigenvalue weighted by Crippen LogP contribution is 2.17. The normalized spacial score (nSPS) is 11.3. The van der Waals surface area contributed by atoms with Crippen LogP contribution in [0.25, 0.3) is 0 Å². The summed E-state index contributed by atoms with van der Waals surface area (Å²) in [5.74, 6) is 1.40. The molecule has 0 spiro atoms. The van der Waals surface area contributed by atoms with E-state index in [1.807, 2.05) is 48.7 Å². The molecule has 0 aliphatic heterocycles. The van der Waals surface area contributed by atoms with E-state index < -0.39 is 0 Å². The Morgan fingerprint density at radius 1 is 1.07 bits per heavy atom. The first kappa shape index (κ1) is 21.8. The maximum atomic E-state index is 5.94. The Morgan fingerprint density at radius 3 is 2.70 bits per heavy atom. The van der Waals surface area contributed by atoms with Gasteiger partial charge in [0.15, 0.2) is 5.96 Å². The number of aromatic nitrogens is 2. The molecule has 0 unspecified atom stereocenters. The highest BCUT2D eigenvalue weighted by Gasteiger charge is 2.06. The number of ether oxygens (including phenoxy) is 1. The maximum Gasteiger partial charge on any atom is 0.218 e. The molecule has 3 aromatic rings. The van der Waals surface area contributed by atoms with Crippen LogP contribution in [0.5, 0.6) is 5.88 Å². The number of nitrogens with zero attached hydrogens (tertiary/aromatic N) is 3. The summed E-state index contributed by atoms with van der Waals surface area (Å²) in [7, 11) is 0. The van der Waals surface area contributed by atoms with Crippen molar-refractivity contribution >= 4 is 17.3 Å². The number of hydrogen-bond donors (Lipinski definition) is 2. The first-order chi connectivity index (χ1) is 14.8. The molecule has 1 aromatic carbocycles. The fourth-order valence-electron chi connectivity index (χ4n) is 2.82. The number of rotatable bonds is 10. The third kappa shape index (κ3) is 6.84. The molecule has 0 amide bonds. The van der Waals surface area contributed by atoms with E-state index in [1.165, 1.54) is 4.88 Å². The molecule has 0 radical (unpaired) electrons. The average molecular weight is 424 g/mol. The summed E-state index contributed by atoms with van der Waals surface area (Å²) in [6.45, 7) is 6.77. The van der Waals surface area contributed by atoms with Crippen molar-refractivity contribution in [3.05, 3.63) is 75.9 Å². The zero-order valence-electron chi connectivity index (χ0n) is 17.6. The molecule has 0 saturated carbocycles. The molecule has 2 heterocycles. The van der Waals surface area contributed by atoms with E-state index in [0.29, 0.717) is 19.0 Å². The van der Waals surface area contributed by atoms with Crippen LogP contribution in [-0.2, 0) is 26.0 Å². The Labute approximate surface area is 182 Å². The van der Waals surface area contributed by atoms with Crippen molar-refractivity contribution in [1.29, 1.82) is 0 Å². The van der Waals surface area contributed by atoms with Gasteiger partial charge in [0, 0.05) is 42.3 Å². The van der Waals surface area contributed by atoms with Gasteiger partial charge in [0.25, 0.3) is 0 Å². The van der Waals surface area contributed by atoms with Crippen LogP contribution in [0, 0.1) is 0 Å². The largest absolute Gasteiger partial charge is 0.473 e. The van der Waals surface area contributed by atoms with Gasteiger partial charge in [0.05, 0.1) is 11.6 Å². The van der Waals surface area contributed by atoms with Crippen molar-refractivity contribution in [3.63, 3.8) is 0 Å². The van der Waals surface area contributed by atoms with Crippen LogP contribution in [-0.4, -0.2) is 29.0 Å². The predicted molar refractivity (Wildman–Crippen MR) is 123 cm³/mol. The summed E-state index contributed by atoms with van der Waals surface area (Å²) in [6, 6.07) is 14.0. The van der Waals surface area contributed by atoms with E-state index in [2.05, 4.69) is 34.4 Å². The number of nitrogens with one attached hydrogen (secondary N) is 2. The summed E-state index contributed by atoms with van der Waals surface area (Å²) in [5, 5.41) is 7.83. The second kappa shape index (κ2) is 11.9. The molecular weight excluding hydrogens is 394 g/mol. The van der Waals surface area contributed by atoms with Gasteiger partial charge in [-0.3, -0.25) is 0 Å². The molecular formula is C23H29N5OS. The van der Waals surface area contributed by atoms with Gasteiger partial charge in [-0.15, -0.1) is 11.3 Å². The topological polar surface area (TPSA) is 71.4 Å². The molecule has 0 fully saturated rings. The van der Waals surface area contributed by atoms with Crippen LogP contribution in [0.4, 0.5) is 0 Å². The SMILES string of the molecule is CCNC(=NCc1cccnc1OCc1ccccc1)NCCc1ncc(CC)s1. The molecule has 7 heteroatoms. The summed E-state index contributed by atoms with van der Waals surface area (Å²) < 4.78 is 5.94. The van der Waals surface area contributed by atoms with Gasteiger partial charge < -0.3 is 15.4 Å². The van der Waals surface area contributed by atoms with Crippen molar-refractivity contribution < 1.29 is 4.74 Å². The van der Waals surface area contributed by atoms with Crippen LogP contribution in [0.3, 0.4) is 0 Å². The lowest BCUT2D eigenvalue weighted by molar-refractivity contribution is 0.290. The van der Waals surface area contributed by atoms with Crippen LogP contribution in [0.1, 0.15) is 34.9 Å². The van der Waals surface area contributed by atoms with Gasteiger partial charge in [-0.2, -0.15) is 0 Å². The molecule has 6 nitrogen and oxygen atoms in total. The monoisotopic (exact) mass is 423 g/mol. The third-order valence-electron chi connectivity index (χ3n) is 4.40. The van der Waals surface area contributed by atoms with Gasteiger partial charge in [0.2, 0.25) is 5.88 Å². The first-order valence-corrected chi connectivity index (χ1v) is 11.2. The van der Waals surface area contributed by atoms with Crippen molar-refractivity contribution in [2.45, 2.75) is 39.8 Å². The van der Waals surface area contributed by atoms with Crippen LogP contribution < -0.4 is 15.4 Å². The summed E-state index contributed by atoms with van der Waals surface area (Å²) >= 11 is 1.78. The zero-order chi connectivity index (χ0) is 21.0. The van der Waals surface area contributed by atoms with Crippen LogP contribution in [0.15, 0.2) is 59.9 Å². The Bertz CT molecular complexity index is 926. The summed E-state index contributed by atoms with van der Waals surface area (Å²) in [5.41, 5.74) is 2.07. The maximum absolute atomic E-state index is 5.94. The smallest absolute Gasteiger partial charge is 0.218 e. The van der Waals surface area contributed by atoms with E-state index in [0.717, 1.165) is 48.0 Å². The summed E-state index contributed by atoms with van der Waals surface area (Å²) in [4.78, 5) is 14.9. The average Bonchev–Trinajstić information content (AvgIpc) is 3.25. The number of pyridine rings is 1. The molecule has 0 atom stereocenters. The summed E-state index contributed by atoms with van der Waals surface area (Å²) in [6.07, 6.45) is 5.64. The minimum Gasteiger partial charge on any atom is -0.473 e. The fourth-order valence-corrected chi connectivity index (χ4v) is 3.68. The van der Waals surface area contributed by atoms with Gasteiger partial charge in [0.1, 0.15) is 6.61 Å². The van der Waals surface area contributed by atoms with E-state index >= 15 is 0 Å². The lowest BCUT2D eigenvalue weighted by Crippen LogP contribution is -2.38. The highest BCUT2D eigenvalue weighted by atomic mass is 32.1. The quantitative estimate of drug-likeness (QED) is 0.381. The second-order valence-corrected chi connectivity index (χ2v) is 7.89. The molecule has 0 saturated heterocycles. The minimum atomic E-state index is 0.487. The van der Waals surface area contributed by atoms with Gasteiger partial charge >= 0.3 is 0 Å². The van der Waals surface area contributed by atoms with E-state index in [1.54, 1.807) is 17.5 Å². The van der Waals surface area contributed by atoms with Crippen molar-refractivity contribution in [3.8, 4) is 5.88 Å². The number of hydrogen-bond acceptors (Lipinski definition) is 5. The van der Waals surface area contributed by atoms with E-state index in [9.17, 15) is 0 Å². The van der Waals surface area contributed by atoms with Gasteiger partial charge in [-0.05, 0) is 25.0 Å². The Hall–Kier alpha value is -2.93. The third-order valence-corrected chi connectivity index (χ3v) is 5.60. The molecule has 0 aliphatic carbocycles. The molecule has 2 N–H and O–H groups in total. The van der Waals surface area contributed by atoms with E-state index in [-0.39, 0.29) is 0 Å². The van der Waals surface area contributed by atoms with Gasteiger partial charge in [-0.25, -0.2) is 15.0 Å². The number of aliphatic imine (C=N–C) groups is 1. The highest BCUT2D eigenvalue weighted by molar-refractivity contribution is 7.11. The van der Waals surface area contributed by atoms with E-state index in [4.69, 9.17) is 9.73 Å². The standard InChI is InChI=1S/C23H29N5OS/c1-3-20-16-27-21(30-20)12-14-26-23(24-4-2)28-15-19-11-8-13-25-22(19)29-17-18-9-6-5-7-10-18/h5-11,13,16H,3-4,12,14-15,17H2,1-2H3,(H2,24,26,28). The lowest BCUT2D eigenvalue weighted by Gasteiger charge is -2.12. The molecule has 3 rings (SSSR count). The minimum absolute atomic E-state index is 0.487. The number of benzene rings is 1. The molecule has 0 aliphatic rings. The number of aryl methyl sites for hydroxylation is 1. The van der Waals surface area contributed by atoms with Crippen molar-refractivity contribution in [2.24, 2.45) is 4.99 Å². The molecule has 0 bridgehead atoms. The fraction of sp³-hybridized carbons (Fsp3) is 0.348. The lowest BCUT2D eigenvalue weighted by atomic mass is 10.2. The van der Waals surface area contributed by atoms with Gasteiger partial charge in [-0.1, -0.05) is 43.3 Å². The predicted octanol–water partition coefficient (Wildman–Crippen LogP) is 3.98. The molecule has 30 heavy (non-hydrogen) atoms. The first-order valence-electron chi connectivity index (χ1n) is 10.3. The second-order valence-electron chi connectivity index (χ2n) is 6.69. The van der Waals surface area contributed by atoms with Crippen molar-refractivity contribution in [1.82, 2.24) is 20.6 Å². The Morgan fingerprint density at radius 2 is 1.93 bits per heavy atom. The molecule has 2 aromatic heterocycles. The zero-order valence-corrected chi connectivity index (χ0v) is 18.4. The number of guanidine groups is 1. The Balaban J connectivity index is 1.57. The van der Waals surface area contributed by atoms with Crippen molar-refractivity contribution in [2.75, 3.05) is 13.1 Å². The molecule has 158 valence electrons. The van der Waals surface area contributed by atoms with Crippen LogP contribution in [0.2, 0.25) is 0 Å². The Kier molecular flexibility index (Phi) is 8.65.